The van der Waals surface area contributed by atoms with Gasteiger partial charge in [-0.1, -0.05) is 19.3 Å². The highest BCUT2D eigenvalue weighted by atomic mass is 16.2. The number of carbonyl (C=O) groups is 1. The summed E-state index contributed by atoms with van der Waals surface area (Å²) < 4.78 is 0. The number of nitrogens with zero attached hydrogens (tertiary/aromatic N) is 2. The lowest BCUT2D eigenvalue weighted by atomic mass is 9.83. The van der Waals surface area contributed by atoms with E-state index in [1.165, 1.54) is 12.6 Å². The largest absolute Gasteiger partial charge is 0.346 e. The molecular weight excluding hydrogens is 226 g/mol. The van der Waals surface area contributed by atoms with Crippen LogP contribution in [-0.2, 0) is 0 Å². The van der Waals surface area contributed by atoms with Crippen molar-refractivity contribution in [1.29, 1.82) is 5.26 Å². The Hall–Kier alpha value is -1.89. The molecule has 1 fully saturated rings. The summed E-state index contributed by atoms with van der Waals surface area (Å²) >= 11 is 0. The number of rotatable bonds is 2. The lowest BCUT2D eigenvalue weighted by Gasteiger charge is -2.34. The van der Waals surface area contributed by atoms with E-state index in [0.29, 0.717) is 11.3 Å². The summed E-state index contributed by atoms with van der Waals surface area (Å²) in [6.45, 7) is 2.09. The Morgan fingerprint density at radius 3 is 2.67 bits per heavy atom. The average molecular weight is 243 g/mol. The maximum atomic E-state index is 12.1. The zero-order valence-electron chi connectivity index (χ0n) is 10.6. The van der Waals surface area contributed by atoms with Crippen molar-refractivity contribution in [3.63, 3.8) is 0 Å². The Morgan fingerprint density at radius 1 is 1.39 bits per heavy atom. The minimum Gasteiger partial charge on any atom is -0.346 e. The molecule has 2 rings (SSSR count). The normalized spacial score (nSPS) is 17.8. The molecule has 0 bridgehead atoms. The number of nitriles is 1. The molecule has 1 aromatic rings. The Kier molecular flexibility index (Phi) is 3.61. The lowest BCUT2D eigenvalue weighted by molar-refractivity contribution is 0.0877. The van der Waals surface area contributed by atoms with E-state index in [1.807, 2.05) is 6.07 Å². The summed E-state index contributed by atoms with van der Waals surface area (Å²) in [5.74, 6) is -0.149. The molecule has 1 amide bonds. The van der Waals surface area contributed by atoms with Gasteiger partial charge in [0.1, 0.15) is 11.8 Å². The highest BCUT2D eigenvalue weighted by molar-refractivity contribution is 5.92. The highest BCUT2D eigenvalue weighted by Gasteiger charge is 2.28. The summed E-state index contributed by atoms with van der Waals surface area (Å²) in [6.07, 6.45) is 7.05. The van der Waals surface area contributed by atoms with Gasteiger partial charge in [-0.3, -0.25) is 4.79 Å². The maximum absolute atomic E-state index is 12.1. The molecular formula is C14H17N3O. The molecule has 0 saturated heterocycles. The van der Waals surface area contributed by atoms with Gasteiger partial charge < -0.3 is 5.32 Å². The van der Waals surface area contributed by atoms with Crippen molar-refractivity contribution in [2.24, 2.45) is 0 Å². The third kappa shape index (κ3) is 2.86. The second-order valence-corrected chi connectivity index (χ2v) is 5.12. The highest BCUT2D eigenvalue weighted by Crippen LogP contribution is 2.27. The molecule has 1 aromatic heterocycles. The Balaban J connectivity index is 2.04. The molecule has 18 heavy (non-hydrogen) atoms. The monoisotopic (exact) mass is 243 g/mol. The number of hydrogen-bond donors (Lipinski definition) is 1. The fraction of sp³-hybridized carbons (Fsp3) is 0.500. The van der Waals surface area contributed by atoms with Crippen molar-refractivity contribution < 1.29 is 4.79 Å². The Morgan fingerprint density at radius 2 is 2.11 bits per heavy atom. The molecule has 0 atom stereocenters. The van der Waals surface area contributed by atoms with Crippen LogP contribution in [0.4, 0.5) is 0 Å². The molecule has 0 unspecified atom stereocenters. The van der Waals surface area contributed by atoms with Crippen LogP contribution in [0.1, 0.15) is 55.1 Å². The van der Waals surface area contributed by atoms with Crippen LogP contribution >= 0.6 is 0 Å². The number of carbonyl (C=O) groups excluding carboxylic acids is 1. The van der Waals surface area contributed by atoms with Crippen LogP contribution in [0.5, 0.6) is 0 Å². The van der Waals surface area contributed by atoms with Crippen molar-refractivity contribution in [3.8, 4) is 6.07 Å². The number of pyridine rings is 1. The molecule has 0 aliphatic heterocycles. The van der Waals surface area contributed by atoms with Crippen molar-refractivity contribution in [3.05, 3.63) is 29.6 Å². The topological polar surface area (TPSA) is 65.8 Å². The van der Waals surface area contributed by atoms with Crippen LogP contribution in [-0.4, -0.2) is 16.4 Å². The van der Waals surface area contributed by atoms with Crippen molar-refractivity contribution in [1.82, 2.24) is 10.3 Å². The molecule has 1 aliphatic rings. The molecule has 4 nitrogen and oxygen atoms in total. The molecule has 1 heterocycles. The van der Waals surface area contributed by atoms with Crippen LogP contribution in [0.25, 0.3) is 0 Å². The minimum atomic E-state index is -0.149. The van der Waals surface area contributed by atoms with Gasteiger partial charge in [0.05, 0.1) is 5.56 Å². The smallest absolute Gasteiger partial charge is 0.270 e. The van der Waals surface area contributed by atoms with Crippen LogP contribution < -0.4 is 5.32 Å². The summed E-state index contributed by atoms with van der Waals surface area (Å²) in [6, 6.07) is 5.20. The van der Waals surface area contributed by atoms with E-state index in [4.69, 9.17) is 5.26 Å². The van der Waals surface area contributed by atoms with Crippen molar-refractivity contribution in [2.45, 2.75) is 44.6 Å². The van der Waals surface area contributed by atoms with Gasteiger partial charge in [-0.15, -0.1) is 0 Å². The fourth-order valence-corrected chi connectivity index (χ4v) is 2.39. The molecule has 0 radical (unpaired) electrons. The van der Waals surface area contributed by atoms with Gasteiger partial charge in [0, 0.05) is 11.7 Å². The van der Waals surface area contributed by atoms with E-state index < -0.39 is 0 Å². The van der Waals surface area contributed by atoms with E-state index in [0.717, 1.165) is 25.7 Å². The first-order valence-electron chi connectivity index (χ1n) is 6.32. The third-order valence-corrected chi connectivity index (χ3v) is 3.50. The molecule has 0 aromatic carbocycles. The predicted octanol–water partition coefficient (Wildman–Crippen LogP) is 2.41. The van der Waals surface area contributed by atoms with Crippen LogP contribution in [0.15, 0.2) is 18.3 Å². The molecule has 1 aliphatic carbocycles. The van der Waals surface area contributed by atoms with Gasteiger partial charge in [-0.2, -0.15) is 5.26 Å². The zero-order valence-corrected chi connectivity index (χ0v) is 10.6. The molecule has 4 heteroatoms. The van der Waals surface area contributed by atoms with E-state index in [2.05, 4.69) is 17.2 Å². The number of amides is 1. The van der Waals surface area contributed by atoms with Crippen molar-refractivity contribution in [2.75, 3.05) is 0 Å². The van der Waals surface area contributed by atoms with Gasteiger partial charge in [0.2, 0.25) is 0 Å². The standard InChI is InChI=1S/C14H17N3O/c1-14(7-3-2-4-8-14)17-13(18)12-6-5-11(9-15)10-16-12/h5-6,10H,2-4,7-8H2,1H3,(H,17,18). The Bertz CT molecular complexity index is 467. The molecule has 1 N–H and O–H groups in total. The van der Waals surface area contributed by atoms with E-state index in [1.54, 1.807) is 12.1 Å². The second kappa shape index (κ2) is 5.18. The number of hydrogen-bond acceptors (Lipinski definition) is 3. The predicted molar refractivity (Wildman–Crippen MR) is 67.9 cm³/mol. The van der Waals surface area contributed by atoms with Crippen LogP contribution in [0.3, 0.4) is 0 Å². The van der Waals surface area contributed by atoms with E-state index >= 15 is 0 Å². The first-order chi connectivity index (χ1) is 8.63. The lowest BCUT2D eigenvalue weighted by Crippen LogP contribution is -2.47. The minimum absolute atomic E-state index is 0.106. The number of nitrogens with one attached hydrogen (secondary N) is 1. The summed E-state index contributed by atoms with van der Waals surface area (Å²) in [5, 5.41) is 11.7. The summed E-state index contributed by atoms with van der Waals surface area (Å²) in [4.78, 5) is 16.1. The van der Waals surface area contributed by atoms with Gasteiger partial charge >= 0.3 is 0 Å². The zero-order chi connectivity index (χ0) is 13.0. The molecule has 0 spiro atoms. The molecule has 1 saturated carbocycles. The van der Waals surface area contributed by atoms with Gasteiger partial charge in [-0.25, -0.2) is 4.98 Å². The van der Waals surface area contributed by atoms with Gasteiger partial charge in [0.15, 0.2) is 0 Å². The SMILES string of the molecule is CC1(NC(=O)c2ccc(C#N)cn2)CCCCC1. The quantitative estimate of drug-likeness (QED) is 0.867. The average Bonchev–Trinajstić information content (AvgIpc) is 2.39. The van der Waals surface area contributed by atoms with E-state index in [9.17, 15) is 4.79 Å². The maximum Gasteiger partial charge on any atom is 0.270 e. The first kappa shape index (κ1) is 12.6. The number of aromatic nitrogens is 1. The fourth-order valence-electron chi connectivity index (χ4n) is 2.39. The summed E-state index contributed by atoms with van der Waals surface area (Å²) in [7, 11) is 0. The molecule has 94 valence electrons. The summed E-state index contributed by atoms with van der Waals surface area (Å²) in [5.41, 5.74) is 0.737. The first-order valence-corrected chi connectivity index (χ1v) is 6.32. The van der Waals surface area contributed by atoms with E-state index in [-0.39, 0.29) is 11.4 Å². The van der Waals surface area contributed by atoms with Gasteiger partial charge in [0.25, 0.3) is 5.91 Å². The Labute approximate surface area is 107 Å². The van der Waals surface area contributed by atoms with Crippen LogP contribution in [0, 0.1) is 11.3 Å². The van der Waals surface area contributed by atoms with Crippen molar-refractivity contribution >= 4 is 5.91 Å². The van der Waals surface area contributed by atoms with Crippen LogP contribution in [0.2, 0.25) is 0 Å². The third-order valence-electron chi connectivity index (χ3n) is 3.50. The van der Waals surface area contributed by atoms with Gasteiger partial charge in [-0.05, 0) is 31.9 Å². The second-order valence-electron chi connectivity index (χ2n) is 5.12.